The van der Waals surface area contributed by atoms with Gasteiger partial charge in [0.25, 0.3) is 0 Å². The van der Waals surface area contributed by atoms with E-state index in [9.17, 15) is 9.90 Å². The van der Waals surface area contributed by atoms with Crippen LogP contribution >= 0.6 is 11.8 Å². The van der Waals surface area contributed by atoms with Crippen LogP contribution in [-0.2, 0) is 11.2 Å². The largest absolute Gasteiger partial charge is 0.387 e. The number of amides is 1. The Morgan fingerprint density at radius 1 is 1.09 bits per heavy atom. The number of carbonyl (C=O) groups excluding carboxylic acids is 1. The summed E-state index contributed by atoms with van der Waals surface area (Å²) < 4.78 is 0. The molecular weight excluding hydrogens is 306 g/mol. The van der Waals surface area contributed by atoms with Gasteiger partial charge in [0.05, 0.1) is 12.0 Å². The Labute approximate surface area is 141 Å². The fourth-order valence-corrected chi connectivity index (χ4v) is 3.99. The molecule has 1 amide bonds. The molecule has 0 aromatic heterocycles. The zero-order chi connectivity index (χ0) is 16.1. The molecule has 1 aliphatic rings. The van der Waals surface area contributed by atoms with Crippen molar-refractivity contribution in [2.45, 2.75) is 18.4 Å². The van der Waals surface area contributed by atoms with Gasteiger partial charge in [0.15, 0.2) is 0 Å². The van der Waals surface area contributed by atoms with E-state index in [0.29, 0.717) is 18.7 Å². The first kappa shape index (κ1) is 16.1. The van der Waals surface area contributed by atoms with Crippen molar-refractivity contribution >= 4 is 17.7 Å². The molecule has 2 aromatic carbocycles. The van der Waals surface area contributed by atoms with Crippen molar-refractivity contribution in [3.8, 4) is 11.1 Å². The van der Waals surface area contributed by atoms with Crippen molar-refractivity contribution < 1.29 is 9.90 Å². The van der Waals surface area contributed by atoms with E-state index in [1.165, 1.54) is 5.56 Å². The highest BCUT2D eigenvalue weighted by Gasteiger charge is 2.31. The smallest absolute Gasteiger partial charge is 0.224 e. The minimum Gasteiger partial charge on any atom is -0.387 e. The topological polar surface area (TPSA) is 49.3 Å². The molecule has 1 atom stereocenters. The molecular formula is C19H21NO2S. The summed E-state index contributed by atoms with van der Waals surface area (Å²) in [6.45, 7) is 0.348. The van der Waals surface area contributed by atoms with Crippen LogP contribution in [0, 0.1) is 0 Å². The number of carbonyl (C=O) groups is 1. The first-order valence-electron chi connectivity index (χ1n) is 7.86. The summed E-state index contributed by atoms with van der Waals surface area (Å²) >= 11 is 1.73. The highest BCUT2D eigenvalue weighted by atomic mass is 32.2. The lowest BCUT2D eigenvalue weighted by atomic mass is 10.0. The molecule has 0 bridgehead atoms. The Hall–Kier alpha value is -1.78. The summed E-state index contributed by atoms with van der Waals surface area (Å²) in [5.74, 6) is 1.63. The molecule has 3 rings (SSSR count). The Kier molecular flexibility index (Phi) is 5.03. The van der Waals surface area contributed by atoms with Crippen LogP contribution in [0.4, 0.5) is 0 Å². The van der Waals surface area contributed by atoms with Crippen molar-refractivity contribution in [2.75, 3.05) is 18.1 Å². The zero-order valence-electron chi connectivity index (χ0n) is 13.0. The molecule has 1 heterocycles. The quantitative estimate of drug-likeness (QED) is 0.888. The van der Waals surface area contributed by atoms with Crippen LogP contribution in [0.15, 0.2) is 54.6 Å². The van der Waals surface area contributed by atoms with E-state index in [2.05, 4.69) is 17.4 Å². The lowest BCUT2D eigenvalue weighted by molar-refractivity contribution is -0.121. The van der Waals surface area contributed by atoms with Gasteiger partial charge in [0.1, 0.15) is 0 Å². The first-order chi connectivity index (χ1) is 11.1. The van der Waals surface area contributed by atoms with E-state index in [4.69, 9.17) is 0 Å². The van der Waals surface area contributed by atoms with Crippen molar-refractivity contribution in [3.05, 3.63) is 60.2 Å². The molecule has 0 spiro atoms. The average Bonchev–Trinajstić information content (AvgIpc) is 3.02. The molecule has 1 saturated heterocycles. The summed E-state index contributed by atoms with van der Waals surface area (Å²) in [4.78, 5) is 12.0. The fourth-order valence-electron chi connectivity index (χ4n) is 2.69. The van der Waals surface area contributed by atoms with E-state index >= 15 is 0 Å². The summed E-state index contributed by atoms with van der Waals surface area (Å²) in [6, 6.07) is 18.2. The molecule has 4 heteroatoms. The van der Waals surface area contributed by atoms with Crippen molar-refractivity contribution in [1.29, 1.82) is 0 Å². The van der Waals surface area contributed by atoms with Gasteiger partial charge >= 0.3 is 0 Å². The maximum absolute atomic E-state index is 12.0. The summed E-state index contributed by atoms with van der Waals surface area (Å²) in [5, 5.41) is 13.1. The molecule has 120 valence electrons. The SMILES string of the molecule is O=C(Cc1ccc(-c2ccccc2)cc1)NCC1(O)CCSC1. The van der Waals surface area contributed by atoms with Crippen molar-refractivity contribution in [2.24, 2.45) is 0 Å². The summed E-state index contributed by atoms with van der Waals surface area (Å²) in [7, 11) is 0. The van der Waals surface area contributed by atoms with E-state index in [1.54, 1.807) is 11.8 Å². The van der Waals surface area contributed by atoms with Gasteiger partial charge in [-0.2, -0.15) is 11.8 Å². The third kappa shape index (κ3) is 4.36. The second-order valence-corrected chi connectivity index (χ2v) is 7.15. The molecule has 0 radical (unpaired) electrons. The number of hydrogen-bond acceptors (Lipinski definition) is 3. The molecule has 1 unspecified atom stereocenters. The van der Waals surface area contributed by atoms with E-state index in [-0.39, 0.29) is 5.91 Å². The van der Waals surface area contributed by atoms with Crippen LogP contribution in [0.25, 0.3) is 11.1 Å². The second-order valence-electron chi connectivity index (χ2n) is 6.04. The molecule has 23 heavy (non-hydrogen) atoms. The fraction of sp³-hybridized carbons (Fsp3) is 0.316. The van der Waals surface area contributed by atoms with Crippen molar-refractivity contribution in [3.63, 3.8) is 0 Å². The van der Waals surface area contributed by atoms with Gasteiger partial charge in [0, 0.05) is 12.3 Å². The normalized spacial score (nSPS) is 20.4. The van der Waals surface area contributed by atoms with Gasteiger partial charge in [-0.05, 0) is 28.9 Å². The molecule has 3 nitrogen and oxygen atoms in total. The van der Waals surface area contributed by atoms with Gasteiger partial charge in [-0.3, -0.25) is 4.79 Å². The number of aliphatic hydroxyl groups is 1. The Morgan fingerprint density at radius 2 is 1.78 bits per heavy atom. The van der Waals surface area contributed by atoms with Crippen LogP contribution in [0.3, 0.4) is 0 Å². The molecule has 0 aliphatic carbocycles. The molecule has 1 fully saturated rings. The van der Waals surface area contributed by atoms with Gasteiger partial charge < -0.3 is 10.4 Å². The van der Waals surface area contributed by atoms with E-state index in [1.807, 2.05) is 42.5 Å². The zero-order valence-corrected chi connectivity index (χ0v) is 13.8. The number of nitrogens with one attached hydrogen (secondary N) is 1. The number of thioether (sulfide) groups is 1. The van der Waals surface area contributed by atoms with Crippen LogP contribution < -0.4 is 5.32 Å². The third-order valence-corrected chi connectivity index (χ3v) is 5.36. The van der Waals surface area contributed by atoms with Gasteiger partial charge in [-0.1, -0.05) is 54.6 Å². The van der Waals surface area contributed by atoms with Crippen LogP contribution in [0.1, 0.15) is 12.0 Å². The van der Waals surface area contributed by atoms with Gasteiger partial charge in [-0.15, -0.1) is 0 Å². The van der Waals surface area contributed by atoms with E-state index in [0.717, 1.165) is 23.3 Å². The molecule has 2 N–H and O–H groups in total. The molecule has 1 aliphatic heterocycles. The Morgan fingerprint density at radius 3 is 2.43 bits per heavy atom. The van der Waals surface area contributed by atoms with Gasteiger partial charge in [-0.25, -0.2) is 0 Å². The summed E-state index contributed by atoms with van der Waals surface area (Å²) in [6.07, 6.45) is 1.10. The maximum atomic E-state index is 12.0. The lowest BCUT2D eigenvalue weighted by Crippen LogP contribution is -2.43. The minimum absolute atomic E-state index is 0.0391. The summed E-state index contributed by atoms with van der Waals surface area (Å²) in [5.41, 5.74) is 2.57. The standard InChI is InChI=1S/C19H21NO2S/c21-18(20-13-19(22)10-11-23-14-19)12-15-6-8-17(9-7-15)16-4-2-1-3-5-16/h1-9,22H,10-14H2,(H,20,21). The predicted molar refractivity (Wildman–Crippen MR) is 95.5 cm³/mol. The van der Waals surface area contributed by atoms with Crippen LogP contribution in [0.2, 0.25) is 0 Å². The van der Waals surface area contributed by atoms with Crippen LogP contribution in [0.5, 0.6) is 0 Å². The number of hydrogen-bond donors (Lipinski definition) is 2. The number of benzene rings is 2. The monoisotopic (exact) mass is 327 g/mol. The maximum Gasteiger partial charge on any atom is 0.224 e. The number of rotatable bonds is 5. The first-order valence-corrected chi connectivity index (χ1v) is 9.01. The average molecular weight is 327 g/mol. The third-order valence-electron chi connectivity index (χ3n) is 4.12. The Balaban J connectivity index is 1.54. The second kappa shape index (κ2) is 7.20. The van der Waals surface area contributed by atoms with Gasteiger partial charge in [0.2, 0.25) is 5.91 Å². The lowest BCUT2D eigenvalue weighted by Gasteiger charge is -2.21. The highest BCUT2D eigenvalue weighted by Crippen LogP contribution is 2.27. The van der Waals surface area contributed by atoms with E-state index < -0.39 is 5.60 Å². The Bertz CT molecular complexity index is 649. The molecule has 0 saturated carbocycles. The van der Waals surface area contributed by atoms with Crippen LogP contribution in [-0.4, -0.2) is 34.7 Å². The van der Waals surface area contributed by atoms with Crippen molar-refractivity contribution in [1.82, 2.24) is 5.32 Å². The highest BCUT2D eigenvalue weighted by molar-refractivity contribution is 7.99. The molecule has 2 aromatic rings. The minimum atomic E-state index is -0.725. The predicted octanol–water partition coefficient (Wildman–Crippen LogP) is 2.88.